The fourth-order valence-corrected chi connectivity index (χ4v) is 2.38. The van der Waals surface area contributed by atoms with Gasteiger partial charge in [0, 0.05) is 15.4 Å². The van der Waals surface area contributed by atoms with E-state index in [-0.39, 0.29) is 5.82 Å². The molecule has 0 aliphatic carbocycles. The van der Waals surface area contributed by atoms with Gasteiger partial charge in [0.15, 0.2) is 0 Å². The Hall–Kier alpha value is -0.870. The number of halogens is 3. The van der Waals surface area contributed by atoms with Crippen LogP contribution in [0.15, 0.2) is 46.9 Å². The summed E-state index contributed by atoms with van der Waals surface area (Å²) in [5.74, 6) is 0.600. The summed E-state index contributed by atoms with van der Waals surface area (Å²) in [6.45, 7) is 0.432. The van der Waals surface area contributed by atoms with Gasteiger partial charge in [0.2, 0.25) is 0 Å². The van der Waals surface area contributed by atoms with Crippen molar-refractivity contribution in [3.05, 3.63) is 63.9 Å². The van der Waals surface area contributed by atoms with Crippen LogP contribution in [-0.4, -0.2) is 0 Å². The first-order valence-electron chi connectivity index (χ1n) is 5.40. The lowest BCUT2D eigenvalue weighted by Crippen LogP contribution is -1.98. The third-order valence-corrected chi connectivity index (χ3v) is 3.57. The number of alkyl halides is 1. The maximum atomic E-state index is 12.8. The van der Waals surface area contributed by atoms with Gasteiger partial charge in [-0.15, -0.1) is 0 Å². The molecule has 2 rings (SSSR count). The van der Waals surface area contributed by atoms with E-state index in [1.165, 1.54) is 12.1 Å². The van der Waals surface area contributed by atoms with Gasteiger partial charge in [0.1, 0.15) is 18.2 Å². The maximum Gasteiger partial charge on any atom is 0.123 e. The normalized spacial score (nSPS) is 10.4. The van der Waals surface area contributed by atoms with Crippen LogP contribution in [0.5, 0.6) is 5.75 Å². The maximum absolute atomic E-state index is 12.8. The molecule has 1 nitrogen and oxygen atoms in total. The summed E-state index contributed by atoms with van der Waals surface area (Å²) in [6.07, 6.45) is 0. The second kappa shape index (κ2) is 6.34. The average Bonchev–Trinajstić information content (AvgIpc) is 2.39. The number of hydrogen-bond acceptors (Lipinski definition) is 1. The summed E-state index contributed by atoms with van der Waals surface area (Å²) in [4.78, 5) is 0. The van der Waals surface area contributed by atoms with Gasteiger partial charge >= 0.3 is 0 Å². The highest BCUT2D eigenvalue weighted by Gasteiger charge is 2.04. The van der Waals surface area contributed by atoms with Gasteiger partial charge in [-0.2, -0.15) is 0 Å². The van der Waals surface area contributed by atoms with Crippen molar-refractivity contribution in [2.75, 3.05) is 0 Å². The van der Waals surface area contributed by atoms with Crippen LogP contribution in [0.2, 0.25) is 0 Å². The monoisotopic (exact) mass is 372 g/mol. The molecule has 0 radical (unpaired) electrons. The molecule has 0 saturated carbocycles. The molecule has 0 spiro atoms. The van der Waals surface area contributed by atoms with Gasteiger partial charge in [0.05, 0.1) is 0 Å². The molecule has 18 heavy (non-hydrogen) atoms. The zero-order valence-electron chi connectivity index (χ0n) is 9.50. The second-order valence-electron chi connectivity index (χ2n) is 3.80. The highest BCUT2D eigenvalue weighted by molar-refractivity contribution is 9.10. The molecule has 2 aromatic rings. The Kier molecular flexibility index (Phi) is 4.78. The van der Waals surface area contributed by atoms with Crippen LogP contribution in [0.4, 0.5) is 4.39 Å². The van der Waals surface area contributed by atoms with Gasteiger partial charge in [-0.3, -0.25) is 0 Å². The minimum absolute atomic E-state index is 0.233. The van der Waals surface area contributed by atoms with E-state index in [0.29, 0.717) is 6.61 Å². The van der Waals surface area contributed by atoms with E-state index in [1.54, 1.807) is 12.1 Å². The van der Waals surface area contributed by atoms with Gasteiger partial charge in [-0.05, 0) is 35.9 Å². The van der Waals surface area contributed by atoms with Gasteiger partial charge in [0.25, 0.3) is 0 Å². The summed E-state index contributed by atoms with van der Waals surface area (Å²) in [6, 6.07) is 12.2. The molecular weight excluding hydrogens is 363 g/mol. The molecule has 0 N–H and O–H groups in total. The molecule has 0 fully saturated rings. The smallest absolute Gasteiger partial charge is 0.123 e. The Morgan fingerprint density at radius 1 is 1.06 bits per heavy atom. The Morgan fingerprint density at radius 3 is 2.44 bits per heavy atom. The van der Waals surface area contributed by atoms with Gasteiger partial charge in [-0.1, -0.05) is 44.0 Å². The summed E-state index contributed by atoms with van der Waals surface area (Å²) < 4.78 is 19.5. The molecule has 0 aliphatic rings. The summed E-state index contributed by atoms with van der Waals surface area (Å²) >= 11 is 6.85. The van der Waals surface area contributed by atoms with Gasteiger partial charge < -0.3 is 4.74 Å². The van der Waals surface area contributed by atoms with Gasteiger partial charge in [-0.25, -0.2) is 4.39 Å². The Balaban J connectivity index is 2.08. The molecule has 0 unspecified atom stereocenters. The topological polar surface area (TPSA) is 9.23 Å². The van der Waals surface area contributed by atoms with E-state index < -0.39 is 0 Å². The van der Waals surface area contributed by atoms with E-state index in [9.17, 15) is 4.39 Å². The van der Waals surface area contributed by atoms with Crippen molar-refractivity contribution in [3.8, 4) is 5.75 Å². The lowest BCUT2D eigenvalue weighted by Gasteiger charge is -2.10. The van der Waals surface area contributed by atoms with E-state index in [1.807, 2.05) is 18.2 Å². The molecule has 0 aromatic heterocycles. The Labute approximate surface area is 122 Å². The number of ether oxygens (including phenoxy) is 1. The highest BCUT2D eigenvalue weighted by atomic mass is 79.9. The predicted octanol–water partition coefficient (Wildman–Crippen LogP) is 5.06. The molecular formula is C14H11Br2FO. The van der Waals surface area contributed by atoms with Crippen LogP contribution in [-0.2, 0) is 11.9 Å². The lowest BCUT2D eigenvalue weighted by molar-refractivity contribution is 0.303. The minimum Gasteiger partial charge on any atom is -0.489 e. The van der Waals surface area contributed by atoms with Crippen molar-refractivity contribution >= 4 is 31.9 Å². The number of benzene rings is 2. The molecule has 94 valence electrons. The van der Waals surface area contributed by atoms with Crippen LogP contribution in [0.1, 0.15) is 11.1 Å². The molecule has 4 heteroatoms. The highest BCUT2D eigenvalue weighted by Crippen LogP contribution is 2.26. The molecule has 0 bridgehead atoms. The third-order valence-electron chi connectivity index (χ3n) is 2.47. The molecule has 0 amide bonds. The Morgan fingerprint density at radius 2 is 1.78 bits per heavy atom. The molecule has 0 saturated heterocycles. The fraction of sp³-hybridized carbons (Fsp3) is 0.143. The summed E-state index contributed by atoms with van der Waals surface area (Å²) in [7, 11) is 0. The average molecular weight is 374 g/mol. The number of rotatable bonds is 4. The second-order valence-corrected chi connectivity index (χ2v) is 5.28. The van der Waals surface area contributed by atoms with Crippen LogP contribution >= 0.6 is 31.9 Å². The predicted molar refractivity (Wildman–Crippen MR) is 77.5 cm³/mol. The summed E-state index contributed by atoms with van der Waals surface area (Å²) in [5.41, 5.74) is 2.02. The van der Waals surface area contributed by atoms with Crippen molar-refractivity contribution in [3.63, 3.8) is 0 Å². The van der Waals surface area contributed by atoms with Crippen molar-refractivity contribution in [2.24, 2.45) is 0 Å². The Bertz CT molecular complexity index is 526. The molecule has 0 aliphatic heterocycles. The van der Waals surface area contributed by atoms with Crippen molar-refractivity contribution < 1.29 is 9.13 Å². The lowest BCUT2D eigenvalue weighted by atomic mass is 10.2. The zero-order valence-corrected chi connectivity index (χ0v) is 12.7. The number of hydrogen-bond donors (Lipinski definition) is 0. The molecule has 0 heterocycles. The first-order valence-corrected chi connectivity index (χ1v) is 7.32. The van der Waals surface area contributed by atoms with E-state index >= 15 is 0 Å². The van der Waals surface area contributed by atoms with E-state index in [0.717, 1.165) is 26.7 Å². The molecule has 0 atom stereocenters. The van der Waals surface area contributed by atoms with E-state index in [4.69, 9.17) is 4.74 Å². The van der Waals surface area contributed by atoms with Crippen LogP contribution < -0.4 is 4.74 Å². The standard InChI is InChI=1S/C14H11Br2FO/c15-8-11-7-12(16)3-6-14(11)18-9-10-1-4-13(17)5-2-10/h1-7H,8-9H2. The molecule has 2 aromatic carbocycles. The van der Waals surface area contributed by atoms with Crippen molar-refractivity contribution in [1.82, 2.24) is 0 Å². The van der Waals surface area contributed by atoms with E-state index in [2.05, 4.69) is 31.9 Å². The van der Waals surface area contributed by atoms with Crippen LogP contribution in [0.3, 0.4) is 0 Å². The fourth-order valence-electron chi connectivity index (χ4n) is 1.53. The van der Waals surface area contributed by atoms with Crippen LogP contribution in [0, 0.1) is 5.82 Å². The minimum atomic E-state index is -0.233. The van der Waals surface area contributed by atoms with Crippen molar-refractivity contribution in [2.45, 2.75) is 11.9 Å². The summed E-state index contributed by atoms with van der Waals surface area (Å²) in [5, 5.41) is 0.727. The van der Waals surface area contributed by atoms with Crippen molar-refractivity contribution in [1.29, 1.82) is 0 Å². The zero-order chi connectivity index (χ0) is 13.0. The first kappa shape index (κ1) is 13.6. The largest absolute Gasteiger partial charge is 0.489 e. The van der Waals surface area contributed by atoms with Crippen LogP contribution in [0.25, 0.3) is 0 Å². The first-order chi connectivity index (χ1) is 8.69. The quantitative estimate of drug-likeness (QED) is 0.680. The SMILES string of the molecule is Fc1ccc(COc2ccc(Br)cc2CBr)cc1. The third kappa shape index (κ3) is 3.56.